The van der Waals surface area contributed by atoms with E-state index in [0.29, 0.717) is 17.4 Å². The Balaban J connectivity index is 1.86. The molecule has 1 saturated carbocycles. The number of anilines is 1. The lowest BCUT2D eigenvalue weighted by atomic mass is 10.1. The first-order valence-corrected chi connectivity index (χ1v) is 9.31. The lowest BCUT2D eigenvalue weighted by Gasteiger charge is -2.23. The standard InChI is InChI=1S/C16H24N2O2S/c1-12(2)8-10-18(14-4-5-14)21(19,20)15-6-3-13-7-9-17-16(13)11-15/h3,6,11-12,14,17H,4-5,7-10H2,1-2H3. The fourth-order valence-electron chi connectivity index (χ4n) is 2.81. The average molecular weight is 308 g/mol. The summed E-state index contributed by atoms with van der Waals surface area (Å²) in [5.74, 6) is 0.517. The van der Waals surface area contributed by atoms with E-state index >= 15 is 0 Å². The molecule has 3 rings (SSSR count). The molecule has 0 aromatic heterocycles. The highest BCUT2D eigenvalue weighted by Gasteiger charge is 2.38. The third-order valence-electron chi connectivity index (χ3n) is 4.28. The van der Waals surface area contributed by atoms with Crippen molar-refractivity contribution in [2.24, 2.45) is 5.92 Å². The van der Waals surface area contributed by atoms with E-state index in [4.69, 9.17) is 0 Å². The molecule has 0 saturated heterocycles. The highest BCUT2D eigenvalue weighted by Crippen LogP contribution is 2.34. The van der Waals surface area contributed by atoms with Gasteiger partial charge in [0.2, 0.25) is 10.0 Å². The Bertz CT molecular complexity index is 621. The predicted molar refractivity (Wildman–Crippen MR) is 85.0 cm³/mol. The first-order valence-electron chi connectivity index (χ1n) is 7.87. The summed E-state index contributed by atoms with van der Waals surface area (Å²) in [7, 11) is -3.36. The number of rotatable bonds is 6. The third-order valence-corrected chi connectivity index (χ3v) is 6.23. The molecule has 0 bridgehead atoms. The van der Waals surface area contributed by atoms with Crippen molar-refractivity contribution in [3.8, 4) is 0 Å². The number of hydrogen-bond donors (Lipinski definition) is 1. The summed E-state index contributed by atoms with van der Waals surface area (Å²) in [6, 6.07) is 5.75. The normalized spacial score (nSPS) is 18.1. The van der Waals surface area contributed by atoms with E-state index in [-0.39, 0.29) is 6.04 Å². The largest absolute Gasteiger partial charge is 0.384 e. The zero-order valence-electron chi connectivity index (χ0n) is 12.8. The van der Waals surface area contributed by atoms with Gasteiger partial charge in [-0.2, -0.15) is 4.31 Å². The Hall–Kier alpha value is -1.07. The van der Waals surface area contributed by atoms with E-state index in [0.717, 1.165) is 37.9 Å². The quantitative estimate of drug-likeness (QED) is 0.879. The number of nitrogens with zero attached hydrogens (tertiary/aromatic N) is 1. The van der Waals surface area contributed by atoms with Crippen LogP contribution in [0, 0.1) is 5.92 Å². The van der Waals surface area contributed by atoms with E-state index in [2.05, 4.69) is 19.2 Å². The summed E-state index contributed by atoms with van der Waals surface area (Å²) >= 11 is 0. The maximum atomic E-state index is 12.9. The zero-order valence-corrected chi connectivity index (χ0v) is 13.6. The molecule has 1 fully saturated rings. The summed E-state index contributed by atoms with van der Waals surface area (Å²) in [5, 5.41) is 3.26. The lowest BCUT2D eigenvalue weighted by molar-refractivity contribution is 0.373. The first-order chi connectivity index (χ1) is 9.98. The van der Waals surface area contributed by atoms with Crippen LogP contribution in [-0.4, -0.2) is 31.9 Å². The van der Waals surface area contributed by atoms with E-state index in [1.54, 1.807) is 10.4 Å². The van der Waals surface area contributed by atoms with Crippen LogP contribution >= 0.6 is 0 Å². The molecule has 1 aliphatic carbocycles. The minimum atomic E-state index is -3.36. The molecule has 4 nitrogen and oxygen atoms in total. The Morgan fingerprint density at radius 2 is 2.10 bits per heavy atom. The first kappa shape index (κ1) is 14.9. The molecule has 116 valence electrons. The van der Waals surface area contributed by atoms with Gasteiger partial charge < -0.3 is 5.32 Å². The smallest absolute Gasteiger partial charge is 0.243 e. The van der Waals surface area contributed by atoms with Crippen molar-refractivity contribution in [3.05, 3.63) is 23.8 Å². The zero-order chi connectivity index (χ0) is 15.0. The molecular weight excluding hydrogens is 284 g/mol. The maximum Gasteiger partial charge on any atom is 0.243 e. The SMILES string of the molecule is CC(C)CCN(C1CC1)S(=O)(=O)c1ccc2c(c1)NCC2. The fraction of sp³-hybridized carbons (Fsp3) is 0.625. The van der Waals surface area contributed by atoms with Gasteiger partial charge in [0.25, 0.3) is 0 Å². The molecule has 0 atom stereocenters. The van der Waals surface area contributed by atoms with E-state index in [1.807, 2.05) is 12.1 Å². The highest BCUT2D eigenvalue weighted by atomic mass is 32.2. The topological polar surface area (TPSA) is 49.4 Å². The van der Waals surface area contributed by atoms with Crippen LogP contribution in [0.4, 0.5) is 5.69 Å². The van der Waals surface area contributed by atoms with Crippen molar-refractivity contribution in [2.75, 3.05) is 18.4 Å². The molecule has 21 heavy (non-hydrogen) atoms. The molecule has 1 aromatic carbocycles. The van der Waals surface area contributed by atoms with Crippen molar-refractivity contribution in [3.63, 3.8) is 0 Å². The molecule has 1 heterocycles. The van der Waals surface area contributed by atoms with Gasteiger partial charge in [-0.1, -0.05) is 19.9 Å². The predicted octanol–water partition coefficient (Wildman–Crippen LogP) is 2.85. The molecule has 1 N–H and O–H groups in total. The second kappa shape index (κ2) is 5.61. The van der Waals surface area contributed by atoms with Gasteiger partial charge in [0, 0.05) is 24.8 Å². The van der Waals surface area contributed by atoms with Crippen LogP contribution in [-0.2, 0) is 16.4 Å². The van der Waals surface area contributed by atoms with Crippen molar-refractivity contribution >= 4 is 15.7 Å². The second-order valence-electron chi connectivity index (χ2n) is 6.53. The second-order valence-corrected chi connectivity index (χ2v) is 8.42. The van der Waals surface area contributed by atoms with Gasteiger partial charge in [0.15, 0.2) is 0 Å². The summed E-state index contributed by atoms with van der Waals surface area (Å²) in [4.78, 5) is 0.436. The van der Waals surface area contributed by atoms with Crippen LogP contribution in [0.5, 0.6) is 0 Å². The maximum absolute atomic E-state index is 12.9. The van der Waals surface area contributed by atoms with Gasteiger partial charge in [-0.3, -0.25) is 0 Å². The minimum Gasteiger partial charge on any atom is -0.384 e. The Labute approximate surface area is 127 Å². The van der Waals surface area contributed by atoms with Gasteiger partial charge in [0.1, 0.15) is 0 Å². The van der Waals surface area contributed by atoms with Crippen LogP contribution in [0.1, 0.15) is 38.7 Å². The van der Waals surface area contributed by atoms with Gasteiger partial charge in [-0.15, -0.1) is 0 Å². The number of sulfonamides is 1. The number of benzene rings is 1. The minimum absolute atomic E-state index is 0.218. The van der Waals surface area contributed by atoms with Crippen molar-refractivity contribution in [2.45, 2.75) is 50.5 Å². The molecule has 1 aromatic rings. The van der Waals surface area contributed by atoms with Crippen LogP contribution in [0.15, 0.2) is 23.1 Å². The lowest BCUT2D eigenvalue weighted by Crippen LogP contribution is -2.34. The Kier molecular flexibility index (Phi) is 3.97. The van der Waals surface area contributed by atoms with E-state index in [9.17, 15) is 8.42 Å². The van der Waals surface area contributed by atoms with Crippen LogP contribution < -0.4 is 5.32 Å². The van der Waals surface area contributed by atoms with Gasteiger partial charge in [0.05, 0.1) is 4.90 Å². The van der Waals surface area contributed by atoms with Crippen LogP contribution in [0.25, 0.3) is 0 Å². The van der Waals surface area contributed by atoms with Crippen LogP contribution in [0.3, 0.4) is 0 Å². The van der Waals surface area contributed by atoms with Crippen LogP contribution in [0.2, 0.25) is 0 Å². The molecule has 1 aliphatic heterocycles. The summed E-state index contributed by atoms with van der Waals surface area (Å²) in [6.07, 6.45) is 3.90. The molecule has 0 spiro atoms. The fourth-order valence-corrected chi connectivity index (χ4v) is 4.54. The number of fused-ring (bicyclic) bond motifs is 1. The van der Waals surface area contributed by atoms with Gasteiger partial charge in [-0.25, -0.2) is 8.42 Å². The molecule has 0 amide bonds. The highest BCUT2D eigenvalue weighted by molar-refractivity contribution is 7.89. The summed E-state index contributed by atoms with van der Waals surface area (Å²) in [5.41, 5.74) is 2.20. The molecular formula is C16H24N2O2S. The van der Waals surface area contributed by atoms with Crippen molar-refractivity contribution < 1.29 is 8.42 Å². The summed E-state index contributed by atoms with van der Waals surface area (Å²) in [6.45, 7) is 5.81. The van der Waals surface area contributed by atoms with Crippen molar-refractivity contribution in [1.82, 2.24) is 4.31 Å². The summed E-state index contributed by atoms with van der Waals surface area (Å²) < 4.78 is 27.6. The molecule has 2 aliphatic rings. The Morgan fingerprint density at radius 3 is 2.76 bits per heavy atom. The Morgan fingerprint density at radius 1 is 1.33 bits per heavy atom. The monoisotopic (exact) mass is 308 g/mol. The van der Waals surface area contributed by atoms with Gasteiger partial charge in [-0.05, 0) is 49.3 Å². The third kappa shape index (κ3) is 3.09. The van der Waals surface area contributed by atoms with Crippen molar-refractivity contribution in [1.29, 1.82) is 0 Å². The number of hydrogen-bond acceptors (Lipinski definition) is 3. The average Bonchev–Trinajstić information content (AvgIpc) is 3.14. The molecule has 0 unspecified atom stereocenters. The molecule has 0 radical (unpaired) electrons. The van der Waals surface area contributed by atoms with E-state index in [1.165, 1.54) is 5.56 Å². The molecule has 5 heteroatoms. The van der Waals surface area contributed by atoms with E-state index < -0.39 is 10.0 Å². The van der Waals surface area contributed by atoms with Gasteiger partial charge >= 0.3 is 0 Å². The number of nitrogens with one attached hydrogen (secondary N) is 1.